The van der Waals surface area contributed by atoms with Crippen LogP contribution in [0.15, 0.2) is 41.5 Å². The van der Waals surface area contributed by atoms with Crippen molar-refractivity contribution in [1.29, 1.82) is 0 Å². The highest BCUT2D eigenvalue weighted by molar-refractivity contribution is 7.22. The molecule has 28 heavy (non-hydrogen) atoms. The number of hydrogen-bond donors (Lipinski definition) is 1. The summed E-state index contributed by atoms with van der Waals surface area (Å²) in [6.07, 6.45) is 0.897. The molecule has 148 valence electrons. The average Bonchev–Trinajstić information content (AvgIpc) is 3.16. The molecule has 1 fully saturated rings. The zero-order valence-corrected chi connectivity index (χ0v) is 16.5. The second-order valence-corrected chi connectivity index (χ2v) is 7.87. The van der Waals surface area contributed by atoms with Crippen LogP contribution in [0.5, 0.6) is 5.75 Å². The lowest BCUT2D eigenvalue weighted by Crippen LogP contribution is -2.42. The highest BCUT2D eigenvalue weighted by Crippen LogP contribution is 2.31. The lowest BCUT2D eigenvalue weighted by atomic mass is 10.2. The number of morpholine rings is 1. The maximum atomic E-state index is 12.9. The molecule has 0 aliphatic carbocycles. The highest BCUT2D eigenvalue weighted by atomic mass is 32.1. The number of methoxy groups -OCH3 is 1. The Kier molecular flexibility index (Phi) is 5.72. The van der Waals surface area contributed by atoms with E-state index in [4.69, 9.17) is 9.47 Å². The molecule has 3 heterocycles. The fourth-order valence-electron chi connectivity index (χ4n) is 3.34. The van der Waals surface area contributed by atoms with Crippen LogP contribution < -0.4 is 10.3 Å². The molecule has 7 nitrogen and oxygen atoms in total. The van der Waals surface area contributed by atoms with Crippen LogP contribution in [0, 0.1) is 0 Å². The Hall–Kier alpha value is -2.26. The van der Waals surface area contributed by atoms with E-state index in [1.54, 1.807) is 7.11 Å². The van der Waals surface area contributed by atoms with Crippen LogP contribution in [-0.4, -0.2) is 65.6 Å². The number of benzene rings is 1. The Morgan fingerprint density at radius 3 is 2.71 bits per heavy atom. The van der Waals surface area contributed by atoms with Crippen molar-refractivity contribution in [3.05, 3.63) is 47.0 Å². The van der Waals surface area contributed by atoms with Gasteiger partial charge in [-0.25, -0.2) is 4.98 Å². The molecule has 2 aromatic heterocycles. The molecular formula is C20H23N3O4S. The Labute approximate surface area is 166 Å². The Morgan fingerprint density at radius 2 is 2.00 bits per heavy atom. The van der Waals surface area contributed by atoms with Crippen LogP contribution in [0.1, 0.15) is 0 Å². The predicted molar refractivity (Wildman–Crippen MR) is 109 cm³/mol. The summed E-state index contributed by atoms with van der Waals surface area (Å²) in [5, 5.41) is 10.4. The van der Waals surface area contributed by atoms with Crippen LogP contribution in [-0.2, 0) is 11.3 Å². The summed E-state index contributed by atoms with van der Waals surface area (Å²) >= 11 is 1.42. The predicted octanol–water partition coefficient (Wildman–Crippen LogP) is 1.83. The van der Waals surface area contributed by atoms with Gasteiger partial charge in [0.25, 0.3) is 5.56 Å². The van der Waals surface area contributed by atoms with E-state index in [0.717, 1.165) is 29.3 Å². The fraction of sp³-hybridized carbons (Fsp3) is 0.400. The molecule has 1 aromatic carbocycles. The second-order valence-electron chi connectivity index (χ2n) is 6.82. The van der Waals surface area contributed by atoms with Gasteiger partial charge in [0, 0.05) is 24.5 Å². The van der Waals surface area contributed by atoms with Gasteiger partial charge in [0.15, 0.2) is 0 Å². The Morgan fingerprint density at radius 1 is 1.25 bits per heavy atom. The molecule has 1 aliphatic rings. The molecule has 8 heteroatoms. The minimum absolute atomic E-state index is 0.115. The first-order valence-electron chi connectivity index (χ1n) is 9.25. The summed E-state index contributed by atoms with van der Waals surface area (Å²) in [5.41, 5.74) is 1.58. The zero-order chi connectivity index (χ0) is 19.5. The molecule has 1 N–H and O–H groups in total. The largest absolute Gasteiger partial charge is 0.497 e. The summed E-state index contributed by atoms with van der Waals surface area (Å²) < 4.78 is 12.6. The third-order valence-corrected chi connectivity index (χ3v) is 6.02. The van der Waals surface area contributed by atoms with Crippen molar-refractivity contribution in [2.45, 2.75) is 12.6 Å². The smallest absolute Gasteiger partial charge is 0.271 e. The van der Waals surface area contributed by atoms with Gasteiger partial charge in [0.2, 0.25) is 0 Å². The number of aromatic nitrogens is 2. The summed E-state index contributed by atoms with van der Waals surface area (Å²) in [6, 6.07) is 9.65. The monoisotopic (exact) mass is 401 g/mol. The zero-order valence-electron chi connectivity index (χ0n) is 15.7. The van der Waals surface area contributed by atoms with Gasteiger partial charge in [-0.1, -0.05) is 0 Å². The second kappa shape index (κ2) is 8.40. The standard InChI is InChI=1S/C20H23N3O4S/c1-26-16-4-2-14(3-5-16)18-10-17-19(28-18)20(25)23(13-21-17)12-15(24)11-22-6-8-27-9-7-22/h2-5,10,13,15,24H,6-9,11-12H2,1H3/t15-/m0/s1. The van der Waals surface area contributed by atoms with Crippen molar-refractivity contribution in [2.75, 3.05) is 40.0 Å². The average molecular weight is 401 g/mol. The summed E-state index contributed by atoms with van der Waals surface area (Å²) in [4.78, 5) is 20.4. The molecule has 1 aliphatic heterocycles. The van der Waals surface area contributed by atoms with Crippen molar-refractivity contribution in [2.24, 2.45) is 0 Å². The Balaban J connectivity index is 1.53. The lowest BCUT2D eigenvalue weighted by molar-refractivity contribution is 0.0113. The minimum Gasteiger partial charge on any atom is -0.497 e. The van der Waals surface area contributed by atoms with Crippen LogP contribution in [0.3, 0.4) is 0 Å². The van der Waals surface area contributed by atoms with Gasteiger partial charge < -0.3 is 14.6 Å². The van der Waals surface area contributed by atoms with Gasteiger partial charge in [0.05, 0.1) is 44.8 Å². The lowest BCUT2D eigenvalue weighted by Gasteiger charge is -2.28. The van der Waals surface area contributed by atoms with E-state index in [2.05, 4.69) is 9.88 Å². The molecule has 3 aromatic rings. The number of hydrogen-bond acceptors (Lipinski definition) is 7. The van der Waals surface area contributed by atoms with Crippen LogP contribution in [0.25, 0.3) is 20.7 Å². The maximum Gasteiger partial charge on any atom is 0.271 e. The van der Waals surface area contributed by atoms with Gasteiger partial charge in [-0.15, -0.1) is 11.3 Å². The van der Waals surface area contributed by atoms with E-state index in [0.29, 0.717) is 30.0 Å². The van der Waals surface area contributed by atoms with Gasteiger partial charge in [-0.3, -0.25) is 14.3 Å². The van der Waals surface area contributed by atoms with E-state index >= 15 is 0 Å². The third-order valence-electron chi connectivity index (χ3n) is 4.86. The van der Waals surface area contributed by atoms with Crippen molar-refractivity contribution in [3.63, 3.8) is 0 Å². The molecule has 1 atom stereocenters. The van der Waals surface area contributed by atoms with Crippen molar-refractivity contribution >= 4 is 21.6 Å². The van der Waals surface area contributed by atoms with Gasteiger partial charge in [-0.05, 0) is 35.9 Å². The number of aliphatic hydroxyl groups is 1. The number of aliphatic hydroxyl groups excluding tert-OH is 1. The number of thiophene rings is 1. The van der Waals surface area contributed by atoms with Crippen LogP contribution >= 0.6 is 11.3 Å². The van der Waals surface area contributed by atoms with Crippen molar-refractivity contribution in [3.8, 4) is 16.2 Å². The molecule has 4 rings (SSSR count). The number of fused-ring (bicyclic) bond motifs is 1. The first kappa shape index (κ1) is 19.1. The van der Waals surface area contributed by atoms with E-state index in [1.807, 2.05) is 30.3 Å². The quantitative estimate of drug-likeness (QED) is 0.679. The van der Waals surface area contributed by atoms with Gasteiger partial charge >= 0.3 is 0 Å². The summed E-state index contributed by atoms with van der Waals surface area (Å²) in [6.45, 7) is 3.73. The van der Waals surface area contributed by atoms with Gasteiger partial charge in [0.1, 0.15) is 10.4 Å². The first-order valence-corrected chi connectivity index (χ1v) is 10.1. The fourth-order valence-corrected chi connectivity index (χ4v) is 4.40. The first-order chi connectivity index (χ1) is 13.6. The number of rotatable bonds is 6. The summed E-state index contributed by atoms with van der Waals surface area (Å²) in [7, 11) is 1.63. The third kappa shape index (κ3) is 4.10. The normalized spacial score (nSPS) is 16.4. The van der Waals surface area contributed by atoms with Crippen LogP contribution in [0.4, 0.5) is 0 Å². The number of nitrogens with zero attached hydrogens (tertiary/aromatic N) is 3. The maximum absolute atomic E-state index is 12.9. The van der Waals surface area contributed by atoms with E-state index in [-0.39, 0.29) is 12.1 Å². The van der Waals surface area contributed by atoms with Crippen molar-refractivity contribution in [1.82, 2.24) is 14.5 Å². The molecule has 0 radical (unpaired) electrons. The topological polar surface area (TPSA) is 76.8 Å². The molecule has 0 unspecified atom stereocenters. The molecule has 0 spiro atoms. The number of β-amino-alcohol motifs (C(OH)–C–C–N with tert-alkyl or cyclic N) is 1. The SMILES string of the molecule is COc1ccc(-c2cc3ncn(C[C@@H](O)CN4CCOCC4)c(=O)c3s2)cc1. The molecule has 0 bridgehead atoms. The molecule has 0 amide bonds. The highest BCUT2D eigenvalue weighted by Gasteiger charge is 2.17. The minimum atomic E-state index is -0.629. The summed E-state index contributed by atoms with van der Waals surface area (Å²) in [5.74, 6) is 0.791. The van der Waals surface area contributed by atoms with Gasteiger partial charge in [-0.2, -0.15) is 0 Å². The Bertz CT molecular complexity index is 993. The molecule has 0 saturated carbocycles. The van der Waals surface area contributed by atoms with E-state index in [1.165, 1.54) is 22.2 Å². The van der Waals surface area contributed by atoms with Crippen LogP contribution in [0.2, 0.25) is 0 Å². The van der Waals surface area contributed by atoms with E-state index in [9.17, 15) is 9.90 Å². The molecular weight excluding hydrogens is 378 g/mol. The van der Waals surface area contributed by atoms with E-state index < -0.39 is 6.10 Å². The number of ether oxygens (including phenoxy) is 2. The van der Waals surface area contributed by atoms with Crippen molar-refractivity contribution < 1.29 is 14.6 Å². The molecule has 1 saturated heterocycles.